The first kappa shape index (κ1) is 11.0. The normalized spacial score (nSPS) is 12.0. The van der Waals surface area contributed by atoms with Crippen molar-refractivity contribution in [2.75, 3.05) is 0 Å². The second kappa shape index (κ2) is 3.70. The van der Waals surface area contributed by atoms with Gasteiger partial charge in [0.2, 0.25) is 0 Å². The summed E-state index contributed by atoms with van der Waals surface area (Å²) in [5, 5.41) is 4.22. The van der Waals surface area contributed by atoms with Crippen molar-refractivity contribution in [3.05, 3.63) is 54.6 Å². The van der Waals surface area contributed by atoms with Crippen molar-refractivity contribution in [2.45, 2.75) is 0 Å². The minimum absolute atomic E-state index is 0.646. The van der Waals surface area contributed by atoms with Gasteiger partial charge in [0, 0.05) is 21.5 Å². The molecule has 0 amide bonds. The summed E-state index contributed by atoms with van der Waals surface area (Å²) in [4.78, 5) is 0. The highest BCUT2D eigenvalue weighted by Crippen LogP contribution is 2.37. The van der Waals surface area contributed by atoms with E-state index in [1.807, 2.05) is 36.4 Å². The zero-order valence-corrected chi connectivity index (χ0v) is 11.1. The molecule has 0 saturated carbocycles. The number of para-hydroxylation sites is 2. The van der Waals surface area contributed by atoms with Crippen molar-refractivity contribution in [3.8, 4) is 0 Å². The summed E-state index contributed by atoms with van der Waals surface area (Å²) in [5.74, 6) is 0. The molecule has 3 aromatic carbocycles. The van der Waals surface area contributed by atoms with Crippen molar-refractivity contribution < 1.29 is 8.83 Å². The Balaban J connectivity index is 2.09. The van der Waals surface area contributed by atoms with E-state index in [4.69, 9.17) is 16.7 Å². The highest BCUT2D eigenvalue weighted by Gasteiger charge is 2.15. The third-order valence-corrected chi connectivity index (χ3v) is 4.04. The maximum absolute atomic E-state index is 6.01. The van der Waals surface area contributed by atoms with Crippen LogP contribution in [-0.4, -0.2) is 7.85 Å². The van der Waals surface area contributed by atoms with E-state index < -0.39 is 0 Å². The fraction of sp³-hybridized carbons (Fsp3) is 0. The second-order valence-electron chi connectivity index (χ2n) is 5.24. The number of hydrogen-bond donors (Lipinski definition) is 0. The SMILES string of the molecule is [B]c1cccc2c1oc1c2ccc2c3ccccc3oc21. The van der Waals surface area contributed by atoms with Gasteiger partial charge in [-0.25, -0.2) is 0 Å². The van der Waals surface area contributed by atoms with Gasteiger partial charge < -0.3 is 8.83 Å². The van der Waals surface area contributed by atoms with Gasteiger partial charge in [-0.3, -0.25) is 0 Å². The molecule has 0 fully saturated rings. The lowest BCUT2D eigenvalue weighted by atomic mass is 9.94. The molecule has 0 aliphatic carbocycles. The van der Waals surface area contributed by atoms with Crippen LogP contribution in [0.2, 0.25) is 0 Å². The van der Waals surface area contributed by atoms with Gasteiger partial charge in [0.25, 0.3) is 0 Å². The summed E-state index contributed by atoms with van der Waals surface area (Å²) in [6.07, 6.45) is 0. The Labute approximate surface area is 121 Å². The second-order valence-corrected chi connectivity index (χ2v) is 5.24. The molecule has 3 heteroatoms. The summed E-state index contributed by atoms with van der Waals surface area (Å²) in [5.41, 5.74) is 3.78. The lowest BCUT2D eigenvalue weighted by molar-refractivity contribution is 0.634. The lowest BCUT2D eigenvalue weighted by Crippen LogP contribution is -2.00. The predicted molar refractivity (Wildman–Crippen MR) is 86.4 cm³/mol. The van der Waals surface area contributed by atoms with E-state index >= 15 is 0 Å². The monoisotopic (exact) mass is 268 g/mol. The van der Waals surface area contributed by atoms with Crippen LogP contribution in [0.4, 0.5) is 0 Å². The van der Waals surface area contributed by atoms with Crippen LogP contribution in [-0.2, 0) is 0 Å². The topological polar surface area (TPSA) is 26.3 Å². The molecule has 96 valence electrons. The van der Waals surface area contributed by atoms with Crippen LogP contribution in [0.3, 0.4) is 0 Å². The van der Waals surface area contributed by atoms with Crippen molar-refractivity contribution in [3.63, 3.8) is 0 Å². The van der Waals surface area contributed by atoms with Crippen molar-refractivity contribution >= 4 is 57.2 Å². The summed E-state index contributed by atoms with van der Waals surface area (Å²) in [7, 11) is 6.01. The van der Waals surface area contributed by atoms with Crippen LogP contribution in [0.15, 0.2) is 63.4 Å². The fourth-order valence-electron chi connectivity index (χ4n) is 3.06. The summed E-state index contributed by atoms with van der Waals surface area (Å²) in [6.45, 7) is 0. The lowest BCUT2D eigenvalue weighted by Gasteiger charge is -1.92. The molecule has 0 spiro atoms. The molecule has 0 aliphatic rings. The predicted octanol–water partition coefficient (Wildman–Crippen LogP) is 4.28. The molecule has 2 radical (unpaired) electrons. The maximum Gasteiger partial charge on any atom is 0.178 e. The highest BCUT2D eigenvalue weighted by atomic mass is 16.4. The Bertz CT molecular complexity index is 1150. The first-order valence-corrected chi connectivity index (χ1v) is 6.84. The van der Waals surface area contributed by atoms with Crippen LogP contribution < -0.4 is 5.46 Å². The van der Waals surface area contributed by atoms with E-state index in [0.29, 0.717) is 5.46 Å². The molecular weight excluding hydrogens is 259 g/mol. The highest BCUT2D eigenvalue weighted by molar-refractivity contribution is 6.39. The third kappa shape index (κ3) is 1.33. The average Bonchev–Trinajstić information content (AvgIpc) is 3.06. The molecule has 0 saturated heterocycles. The Morgan fingerprint density at radius 3 is 2.14 bits per heavy atom. The van der Waals surface area contributed by atoms with E-state index in [9.17, 15) is 0 Å². The minimum Gasteiger partial charge on any atom is -0.453 e. The van der Waals surface area contributed by atoms with Gasteiger partial charge in [0.1, 0.15) is 19.0 Å². The van der Waals surface area contributed by atoms with Gasteiger partial charge in [0.05, 0.1) is 0 Å². The van der Waals surface area contributed by atoms with E-state index in [-0.39, 0.29) is 0 Å². The first-order valence-electron chi connectivity index (χ1n) is 6.84. The summed E-state index contributed by atoms with van der Waals surface area (Å²) in [6, 6.07) is 18.0. The molecular formula is C18H9BO2. The van der Waals surface area contributed by atoms with E-state index in [1.165, 1.54) is 0 Å². The van der Waals surface area contributed by atoms with Crippen molar-refractivity contribution in [1.82, 2.24) is 0 Å². The molecule has 5 aromatic rings. The van der Waals surface area contributed by atoms with Crippen molar-refractivity contribution in [1.29, 1.82) is 0 Å². The number of furan rings is 2. The average molecular weight is 268 g/mol. The standard InChI is InChI=1S/C18H9BO2/c19-14-6-3-5-11-13-9-8-12-10-4-1-2-7-15(10)20-17(12)18(13)21-16(11)14/h1-9H. The summed E-state index contributed by atoms with van der Waals surface area (Å²) >= 11 is 0. The number of hydrogen-bond acceptors (Lipinski definition) is 2. The molecule has 5 rings (SSSR count). The van der Waals surface area contributed by atoms with Gasteiger partial charge in [-0.2, -0.15) is 0 Å². The smallest absolute Gasteiger partial charge is 0.178 e. The van der Waals surface area contributed by atoms with Gasteiger partial charge in [0.15, 0.2) is 11.2 Å². The molecule has 0 bridgehead atoms. The Morgan fingerprint density at radius 2 is 1.24 bits per heavy atom. The number of fused-ring (bicyclic) bond motifs is 7. The van der Waals surface area contributed by atoms with Gasteiger partial charge >= 0.3 is 0 Å². The quantitative estimate of drug-likeness (QED) is 0.392. The molecule has 2 nitrogen and oxygen atoms in total. The minimum atomic E-state index is 0.646. The van der Waals surface area contributed by atoms with Crippen LogP contribution in [0.5, 0.6) is 0 Å². The van der Waals surface area contributed by atoms with E-state index in [0.717, 1.165) is 43.9 Å². The molecule has 0 aliphatic heterocycles. The van der Waals surface area contributed by atoms with Gasteiger partial charge in [-0.1, -0.05) is 41.9 Å². The largest absolute Gasteiger partial charge is 0.453 e. The maximum atomic E-state index is 6.01. The third-order valence-electron chi connectivity index (χ3n) is 4.04. The fourth-order valence-corrected chi connectivity index (χ4v) is 3.06. The molecule has 2 heterocycles. The Morgan fingerprint density at radius 1 is 0.571 bits per heavy atom. The van der Waals surface area contributed by atoms with Crippen LogP contribution in [0.25, 0.3) is 43.9 Å². The molecule has 0 atom stereocenters. The van der Waals surface area contributed by atoms with Gasteiger partial charge in [-0.15, -0.1) is 0 Å². The molecule has 0 N–H and O–H groups in total. The van der Waals surface area contributed by atoms with Crippen LogP contribution in [0.1, 0.15) is 0 Å². The zero-order valence-electron chi connectivity index (χ0n) is 11.1. The zero-order chi connectivity index (χ0) is 14.0. The van der Waals surface area contributed by atoms with E-state index in [2.05, 4.69) is 18.2 Å². The summed E-state index contributed by atoms with van der Waals surface area (Å²) < 4.78 is 12.0. The van der Waals surface area contributed by atoms with Crippen molar-refractivity contribution in [2.24, 2.45) is 0 Å². The number of benzene rings is 3. The van der Waals surface area contributed by atoms with Crippen LogP contribution in [0, 0.1) is 0 Å². The first-order chi connectivity index (χ1) is 10.3. The van der Waals surface area contributed by atoms with Crippen LogP contribution >= 0.6 is 0 Å². The molecule has 2 aromatic heterocycles. The Hall–Kier alpha value is -2.68. The Kier molecular flexibility index (Phi) is 1.94. The molecule has 0 unspecified atom stereocenters. The van der Waals surface area contributed by atoms with Gasteiger partial charge in [-0.05, 0) is 18.2 Å². The molecule has 21 heavy (non-hydrogen) atoms. The van der Waals surface area contributed by atoms with E-state index in [1.54, 1.807) is 0 Å². The number of rotatable bonds is 0.